The summed E-state index contributed by atoms with van der Waals surface area (Å²) in [4.78, 5) is 29.1. The van der Waals surface area contributed by atoms with Gasteiger partial charge in [-0.1, -0.05) is 72.8 Å². The second-order valence-corrected chi connectivity index (χ2v) is 16.5. The first-order chi connectivity index (χ1) is 33.2. The van der Waals surface area contributed by atoms with Crippen molar-refractivity contribution in [3.63, 3.8) is 0 Å². The van der Waals surface area contributed by atoms with E-state index in [0.717, 1.165) is 111 Å². The van der Waals surface area contributed by atoms with Crippen molar-refractivity contribution in [1.82, 2.24) is 9.80 Å². The predicted octanol–water partition coefficient (Wildman–Crippen LogP) is 10.0. The molecular formula is C56H56N4O8. The Hall–Kier alpha value is -7.80. The van der Waals surface area contributed by atoms with Crippen LogP contribution in [0.25, 0.3) is 23.3 Å². The normalized spacial score (nSPS) is 15.3. The summed E-state index contributed by atoms with van der Waals surface area (Å²) in [5.41, 5.74) is 9.80. The maximum Gasteiger partial charge on any atom is 0.328 e. The summed E-state index contributed by atoms with van der Waals surface area (Å²) in [6, 6.07) is 50.0. The zero-order valence-corrected chi connectivity index (χ0v) is 38.4. The first-order valence-corrected chi connectivity index (χ1v) is 22.7. The minimum Gasteiger partial charge on any atom is -0.497 e. The monoisotopic (exact) mass is 912 g/mol. The van der Waals surface area contributed by atoms with Gasteiger partial charge in [-0.05, 0) is 96.1 Å². The molecule has 4 aliphatic heterocycles. The number of fused-ring (bicyclic) bond motifs is 4. The van der Waals surface area contributed by atoms with Crippen LogP contribution in [0.15, 0.2) is 158 Å². The van der Waals surface area contributed by atoms with Crippen LogP contribution in [0.1, 0.15) is 22.3 Å². The first-order valence-electron chi connectivity index (χ1n) is 22.7. The van der Waals surface area contributed by atoms with Crippen LogP contribution in [0.5, 0.6) is 34.5 Å². The van der Waals surface area contributed by atoms with Gasteiger partial charge in [-0.15, -0.1) is 0 Å². The van der Waals surface area contributed by atoms with Crippen LogP contribution in [0.4, 0.5) is 11.4 Å². The summed E-state index contributed by atoms with van der Waals surface area (Å²) >= 11 is 0. The fourth-order valence-corrected chi connectivity index (χ4v) is 8.60. The molecule has 6 aromatic rings. The van der Waals surface area contributed by atoms with E-state index in [2.05, 4.69) is 117 Å². The highest BCUT2D eigenvalue weighted by atomic mass is 16.5. The van der Waals surface area contributed by atoms with Gasteiger partial charge in [0.25, 0.3) is 0 Å². The summed E-state index contributed by atoms with van der Waals surface area (Å²) in [6.45, 7) is 10.1. The molecule has 0 aliphatic carbocycles. The Kier molecular flexibility index (Phi) is 15.5. The van der Waals surface area contributed by atoms with Gasteiger partial charge in [0.1, 0.15) is 34.5 Å². The smallest absolute Gasteiger partial charge is 0.328 e. The molecular weight excluding hydrogens is 857 g/mol. The molecule has 10 rings (SSSR count). The quantitative estimate of drug-likeness (QED) is 0.127. The van der Waals surface area contributed by atoms with Crippen LogP contribution in [-0.4, -0.2) is 112 Å². The Balaban J connectivity index is 0.000000159. The number of anilines is 2. The maximum atomic E-state index is 9.55. The third kappa shape index (κ3) is 12.1. The molecule has 2 fully saturated rings. The van der Waals surface area contributed by atoms with Crippen molar-refractivity contribution in [3.05, 3.63) is 180 Å². The Bertz CT molecular complexity index is 2560. The minimum atomic E-state index is -1.26. The molecule has 12 heteroatoms. The highest BCUT2D eigenvalue weighted by Crippen LogP contribution is 2.40. The number of para-hydroxylation sites is 4. The topological polar surface area (TPSA) is 124 Å². The number of hydrogen-bond acceptors (Lipinski definition) is 10. The third-order valence-electron chi connectivity index (χ3n) is 12.2. The molecule has 0 spiro atoms. The van der Waals surface area contributed by atoms with E-state index in [1.807, 2.05) is 60.7 Å². The van der Waals surface area contributed by atoms with E-state index in [0.29, 0.717) is 12.2 Å². The van der Waals surface area contributed by atoms with Crippen molar-refractivity contribution in [2.75, 3.05) is 89.5 Å². The summed E-state index contributed by atoms with van der Waals surface area (Å²) < 4.78 is 23.0. The fourth-order valence-electron chi connectivity index (χ4n) is 8.60. The van der Waals surface area contributed by atoms with Crippen molar-refractivity contribution in [2.45, 2.75) is 0 Å². The Morgan fingerprint density at radius 3 is 1.16 bits per heavy atom. The molecule has 0 bridgehead atoms. The molecule has 0 atom stereocenters. The molecule has 0 radical (unpaired) electrons. The molecule has 0 saturated carbocycles. The standard InChI is InChI=1S/2C26H26N2O2.C4H4O4/c2*1-29-23-12-10-22(11-13-23)28-16-14-27(15-17-28)19-21-18-20-6-2-4-8-25(20)30-26-9-5-3-7-24(21)26;5-3(6)1-2-4(7)8/h2*2-13,18H,14-17,19H2,1H3;1-2H,(H,5,6)(H,7,8)/b;;2-1-. The highest BCUT2D eigenvalue weighted by molar-refractivity contribution is 5.90. The number of nitrogens with zero attached hydrogens (tertiary/aromatic N) is 4. The number of carboxylic acids is 2. The van der Waals surface area contributed by atoms with Crippen molar-refractivity contribution in [1.29, 1.82) is 0 Å². The molecule has 0 amide bonds. The second kappa shape index (κ2) is 22.6. The van der Waals surface area contributed by atoms with Crippen LogP contribution < -0.4 is 28.7 Å². The van der Waals surface area contributed by atoms with Crippen LogP contribution in [-0.2, 0) is 9.59 Å². The van der Waals surface area contributed by atoms with E-state index in [-0.39, 0.29) is 0 Å². The van der Waals surface area contributed by atoms with E-state index < -0.39 is 11.9 Å². The number of carbonyl (C=O) groups is 2. The Morgan fingerprint density at radius 2 is 0.809 bits per heavy atom. The number of aliphatic carboxylic acids is 2. The lowest BCUT2D eigenvalue weighted by atomic mass is 10.0. The maximum absolute atomic E-state index is 9.55. The molecule has 6 aromatic carbocycles. The number of hydrogen-bond donors (Lipinski definition) is 2. The molecule has 4 heterocycles. The number of methoxy groups -OCH3 is 2. The van der Waals surface area contributed by atoms with Crippen LogP contribution >= 0.6 is 0 Å². The molecule has 2 N–H and O–H groups in total. The second-order valence-electron chi connectivity index (χ2n) is 16.5. The van der Waals surface area contributed by atoms with E-state index >= 15 is 0 Å². The molecule has 68 heavy (non-hydrogen) atoms. The van der Waals surface area contributed by atoms with E-state index in [1.54, 1.807) is 14.2 Å². The van der Waals surface area contributed by atoms with Gasteiger partial charge in [0.15, 0.2) is 0 Å². The number of ether oxygens (including phenoxy) is 4. The van der Waals surface area contributed by atoms with Crippen LogP contribution in [0, 0.1) is 0 Å². The first kappa shape index (κ1) is 46.7. The number of rotatable bonds is 10. The summed E-state index contributed by atoms with van der Waals surface area (Å²) in [6.07, 6.45) is 5.69. The zero-order chi connectivity index (χ0) is 47.2. The van der Waals surface area contributed by atoms with Gasteiger partial charge in [-0.3, -0.25) is 9.80 Å². The minimum absolute atomic E-state index is 0.558. The predicted molar refractivity (Wildman–Crippen MR) is 269 cm³/mol. The average Bonchev–Trinajstić information content (AvgIpc) is 3.64. The van der Waals surface area contributed by atoms with Gasteiger partial charge >= 0.3 is 11.9 Å². The van der Waals surface area contributed by atoms with E-state index in [4.69, 9.17) is 29.2 Å². The van der Waals surface area contributed by atoms with E-state index in [1.165, 1.54) is 33.6 Å². The average molecular weight is 913 g/mol. The SMILES string of the molecule is COc1ccc(N2CCN(CC3=Cc4ccccc4Oc4ccccc43)CC2)cc1.COc1ccc(N2CCN(CC3=Cc4ccccc4Oc4ccccc43)CC2)cc1.O=C(O)/C=C\C(=O)O. The molecule has 348 valence electrons. The van der Waals surface area contributed by atoms with Gasteiger partial charge in [0.2, 0.25) is 0 Å². The van der Waals surface area contributed by atoms with Crippen molar-refractivity contribution in [2.24, 2.45) is 0 Å². The van der Waals surface area contributed by atoms with Crippen LogP contribution in [0.2, 0.25) is 0 Å². The van der Waals surface area contributed by atoms with Crippen molar-refractivity contribution < 1.29 is 38.7 Å². The molecule has 0 aromatic heterocycles. The molecule has 0 unspecified atom stereocenters. The summed E-state index contributed by atoms with van der Waals surface area (Å²) in [5.74, 6) is 3.00. The zero-order valence-electron chi connectivity index (χ0n) is 38.4. The van der Waals surface area contributed by atoms with E-state index in [9.17, 15) is 9.59 Å². The summed E-state index contributed by atoms with van der Waals surface area (Å²) in [7, 11) is 3.41. The van der Waals surface area contributed by atoms with Crippen molar-refractivity contribution in [3.8, 4) is 34.5 Å². The fraction of sp³-hybridized carbons (Fsp3) is 0.214. The van der Waals surface area contributed by atoms with Gasteiger partial charge < -0.3 is 39.0 Å². The lowest BCUT2D eigenvalue weighted by molar-refractivity contribution is -0.134. The lowest BCUT2D eigenvalue weighted by Gasteiger charge is -2.36. The number of carboxylic acid groups (broad SMARTS) is 2. The van der Waals surface area contributed by atoms with Gasteiger partial charge in [-0.2, -0.15) is 0 Å². The Labute approximate surface area is 397 Å². The van der Waals surface area contributed by atoms with Gasteiger partial charge in [0.05, 0.1) is 14.2 Å². The molecule has 12 nitrogen and oxygen atoms in total. The summed E-state index contributed by atoms with van der Waals surface area (Å²) in [5, 5.41) is 15.6. The van der Waals surface area contributed by atoms with Gasteiger partial charge in [0, 0.05) is 111 Å². The lowest BCUT2D eigenvalue weighted by Crippen LogP contribution is -2.46. The largest absolute Gasteiger partial charge is 0.497 e. The van der Waals surface area contributed by atoms with Gasteiger partial charge in [-0.25, -0.2) is 9.59 Å². The molecule has 2 saturated heterocycles. The Morgan fingerprint density at radius 1 is 0.471 bits per heavy atom. The number of piperazine rings is 2. The van der Waals surface area contributed by atoms with Crippen LogP contribution in [0.3, 0.4) is 0 Å². The molecule has 4 aliphatic rings. The highest BCUT2D eigenvalue weighted by Gasteiger charge is 2.24. The number of benzene rings is 6. The van der Waals surface area contributed by atoms with Crippen molar-refractivity contribution >= 4 is 46.6 Å². The third-order valence-corrected chi connectivity index (χ3v) is 12.2.